The Balaban J connectivity index is 2.42. The molecular weight excluding hydrogens is 250 g/mol. The van der Waals surface area contributed by atoms with E-state index in [2.05, 4.69) is 24.3 Å². The average molecular weight is 254 g/mol. The lowest BCUT2D eigenvalue weighted by atomic mass is 10.2. The van der Waals surface area contributed by atoms with Crippen LogP contribution in [0.5, 0.6) is 0 Å². The number of halogens is 1. The van der Waals surface area contributed by atoms with E-state index in [0.717, 1.165) is 17.2 Å². The van der Waals surface area contributed by atoms with Crippen LogP contribution in [0.25, 0.3) is 16.7 Å². The fourth-order valence-electron chi connectivity index (χ4n) is 1.37. The van der Waals surface area contributed by atoms with Gasteiger partial charge in [0.05, 0.1) is 16.8 Å². The van der Waals surface area contributed by atoms with Gasteiger partial charge in [0, 0.05) is 0 Å². The van der Waals surface area contributed by atoms with Crippen molar-refractivity contribution in [3.63, 3.8) is 0 Å². The van der Waals surface area contributed by atoms with Gasteiger partial charge in [-0.25, -0.2) is 0 Å². The molecular formula is C7H4ClN7S. The van der Waals surface area contributed by atoms with Gasteiger partial charge in [-0.2, -0.15) is 13.4 Å². The highest BCUT2D eigenvalue weighted by molar-refractivity contribution is 7.00. The van der Waals surface area contributed by atoms with E-state index in [1.165, 1.54) is 4.68 Å². The number of fused-ring (bicyclic) bond motifs is 1. The van der Waals surface area contributed by atoms with Gasteiger partial charge in [0.25, 0.3) is 0 Å². The zero-order valence-corrected chi connectivity index (χ0v) is 9.27. The van der Waals surface area contributed by atoms with Gasteiger partial charge in [0.2, 0.25) is 5.95 Å². The second-order valence-electron chi connectivity index (χ2n) is 2.98. The smallest absolute Gasteiger partial charge is 0.245 e. The van der Waals surface area contributed by atoms with Crippen molar-refractivity contribution in [3.8, 4) is 5.69 Å². The zero-order chi connectivity index (χ0) is 11.1. The maximum Gasteiger partial charge on any atom is 0.245 e. The molecule has 9 heteroatoms. The van der Waals surface area contributed by atoms with Crippen LogP contribution in [-0.4, -0.2) is 29.0 Å². The van der Waals surface area contributed by atoms with Crippen LogP contribution in [0.15, 0.2) is 12.1 Å². The molecule has 2 N–H and O–H groups in total. The average Bonchev–Trinajstić information content (AvgIpc) is 2.87. The van der Waals surface area contributed by atoms with Crippen LogP contribution in [0.3, 0.4) is 0 Å². The largest absolute Gasteiger partial charge is 0.366 e. The molecule has 3 aromatic rings. The molecule has 0 aliphatic rings. The quantitative estimate of drug-likeness (QED) is 0.692. The van der Waals surface area contributed by atoms with Crippen LogP contribution in [-0.2, 0) is 0 Å². The van der Waals surface area contributed by atoms with Crippen LogP contribution < -0.4 is 5.73 Å². The van der Waals surface area contributed by atoms with Gasteiger partial charge in [-0.05, 0) is 22.6 Å². The first-order valence-electron chi connectivity index (χ1n) is 4.22. The Morgan fingerprint density at radius 1 is 1.31 bits per heavy atom. The lowest BCUT2D eigenvalue weighted by Crippen LogP contribution is -2.04. The Hall–Kier alpha value is -1.80. The highest BCUT2D eigenvalue weighted by Gasteiger charge is 2.15. The molecule has 0 atom stereocenters. The number of hydrogen-bond acceptors (Lipinski definition) is 7. The lowest BCUT2D eigenvalue weighted by molar-refractivity contribution is 0.795. The number of benzene rings is 1. The SMILES string of the molecule is Nc1nnnn1-c1c(Cl)ccc2nsnc12. The Morgan fingerprint density at radius 3 is 2.94 bits per heavy atom. The number of rotatable bonds is 1. The molecule has 0 amide bonds. The minimum atomic E-state index is 0.155. The maximum absolute atomic E-state index is 6.09. The second-order valence-corrected chi connectivity index (χ2v) is 3.91. The molecule has 0 aliphatic carbocycles. The minimum Gasteiger partial charge on any atom is -0.366 e. The van der Waals surface area contributed by atoms with E-state index in [-0.39, 0.29) is 5.95 Å². The Labute approximate surface area is 98.2 Å². The predicted molar refractivity (Wildman–Crippen MR) is 59.5 cm³/mol. The summed E-state index contributed by atoms with van der Waals surface area (Å²) >= 11 is 7.19. The van der Waals surface area contributed by atoms with Crippen LogP contribution in [0.1, 0.15) is 0 Å². The lowest BCUT2D eigenvalue weighted by Gasteiger charge is -2.03. The summed E-state index contributed by atoms with van der Waals surface area (Å²) in [6.07, 6.45) is 0. The number of aromatic nitrogens is 6. The summed E-state index contributed by atoms with van der Waals surface area (Å²) in [5.74, 6) is 0.155. The van der Waals surface area contributed by atoms with Crippen molar-refractivity contribution in [2.24, 2.45) is 0 Å². The van der Waals surface area contributed by atoms with E-state index in [9.17, 15) is 0 Å². The van der Waals surface area contributed by atoms with E-state index < -0.39 is 0 Å². The normalized spacial score (nSPS) is 11.1. The number of hydrogen-bond donors (Lipinski definition) is 1. The van der Waals surface area contributed by atoms with Gasteiger partial charge in [-0.1, -0.05) is 16.7 Å². The molecule has 0 aliphatic heterocycles. The molecule has 1 aromatic carbocycles. The van der Waals surface area contributed by atoms with Crippen molar-refractivity contribution in [2.75, 3.05) is 5.73 Å². The van der Waals surface area contributed by atoms with E-state index in [1.54, 1.807) is 12.1 Å². The van der Waals surface area contributed by atoms with Crippen LogP contribution >= 0.6 is 23.3 Å². The molecule has 0 unspecified atom stereocenters. The Bertz CT molecular complexity index is 660. The third kappa shape index (κ3) is 1.24. The van der Waals surface area contributed by atoms with Crippen molar-refractivity contribution in [1.29, 1.82) is 0 Å². The van der Waals surface area contributed by atoms with Crippen molar-refractivity contribution < 1.29 is 0 Å². The van der Waals surface area contributed by atoms with Gasteiger partial charge in [-0.3, -0.25) is 0 Å². The van der Waals surface area contributed by atoms with Crippen LogP contribution in [0.4, 0.5) is 5.95 Å². The zero-order valence-electron chi connectivity index (χ0n) is 7.70. The second kappa shape index (κ2) is 3.35. The van der Waals surface area contributed by atoms with Gasteiger partial charge >= 0.3 is 0 Å². The highest BCUT2D eigenvalue weighted by Crippen LogP contribution is 2.28. The van der Waals surface area contributed by atoms with Crippen molar-refractivity contribution >= 4 is 40.3 Å². The number of anilines is 1. The van der Waals surface area contributed by atoms with Crippen LogP contribution in [0, 0.1) is 0 Å². The summed E-state index contributed by atoms with van der Waals surface area (Å²) in [7, 11) is 0. The monoisotopic (exact) mass is 253 g/mol. The first-order chi connectivity index (χ1) is 7.77. The van der Waals surface area contributed by atoms with Gasteiger partial charge in [0.15, 0.2) is 0 Å². The molecule has 2 heterocycles. The van der Waals surface area contributed by atoms with Crippen molar-refractivity contribution in [2.45, 2.75) is 0 Å². The van der Waals surface area contributed by atoms with E-state index in [0.29, 0.717) is 16.2 Å². The third-order valence-electron chi connectivity index (χ3n) is 2.06. The molecule has 0 saturated carbocycles. The Morgan fingerprint density at radius 2 is 2.19 bits per heavy atom. The molecule has 7 nitrogen and oxygen atoms in total. The van der Waals surface area contributed by atoms with Crippen molar-refractivity contribution in [3.05, 3.63) is 17.2 Å². The summed E-state index contributed by atoms with van der Waals surface area (Å²) in [5.41, 5.74) is 7.55. The number of nitrogens with zero attached hydrogens (tertiary/aromatic N) is 6. The summed E-state index contributed by atoms with van der Waals surface area (Å²) in [6.45, 7) is 0. The minimum absolute atomic E-state index is 0.155. The fraction of sp³-hybridized carbons (Fsp3) is 0. The van der Waals surface area contributed by atoms with Gasteiger partial charge in [-0.15, -0.1) is 0 Å². The first-order valence-corrected chi connectivity index (χ1v) is 5.33. The maximum atomic E-state index is 6.09. The molecule has 0 radical (unpaired) electrons. The van der Waals surface area contributed by atoms with Gasteiger partial charge in [0.1, 0.15) is 16.7 Å². The summed E-state index contributed by atoms with van der Waals surface area (Å²) in [4.78, 5) is 0. The third-order valence-corrected chi connectivity index (χ3v) is 2.90. The number of tetrazole rings is 1. The van der Waals surface area contributed by atoms with E-state index in [4.69, 9.17) is 17.3 Å². The number of nitrogen functional groups attached to an aromatic ring is 1. The Kier molecular flexibility index (Phi) is 1.98. The topological polar surface area (TPSA) is 95.4 Å². The summed E-state index contributed by atoms with van der Waals surface area (Å²) in [5, 5.41) is 11.3. The molecule has 16 heavy (non-hydrogen) atoms. The van der Waals surface area contributed by atoms with Crippen molar-refractivity contribution in [1.82, 2.24) is 29.0 Å². The van der Waals surface area contributed by atoms with Gasteiger partial charge < -0.3 is 5.73 Å². The predicted octanol–water partition coefficient (Wildman–Crippen LogP) is 0.903. The van der Waals surface area contributed by atoms with E-state index >= 15 is 0 Å². The first kappa shape index (κ1) is 9.43. The molecule has 0 bridgehead atoms. The molecule has 0 saturated heterocycles. The highest BCUT2D eigenvalue weighted by atomic mass is 35.5. The fourth-order valence-corrected chi connectivity index (χ4v) is 2.14. The summed E-state index contributed by atoms with van der Waals surface area (Å²) < 4.78 is 9.60. The molecule has 0 spiro atoms. The van der Waals surface area contributed by atoms with E-state index in [1.807, 2.05) is 0 Å². The number of nitrogens with two attached hydrogens (primary N) is 1. The summed E-state index contributed by atoms with van der Waals surface area (Å²) in [6, 6.07) is 3.49. The molecule has 3 rings (SSSR count). The molecule has 0 fully saturated rings. The molecule has 2 aromatic heterocycles. The standard InChI is InChI=1S/C7H4ClN7S/c8-3-1-2-4-5(12-16-11-4)6(3)15-7(9)10-13-14-15/h1-2H,(H2,9,10,14). The molecule has 80 valence electrons. The van der Waals surface area contributed by atoms with Crippen LogP contribution in [0.2, 0.25) is 5.02 Å².